The van der Waals surface area contributed by atoms with E-state index in [0.29, 0.717) is 11.8 Å². The van der Waals surface area contributed by atoms with Gasteiger partial charge in [0.1, 0.15) is 5.83 Å². The first-order valence-electron chi connectivity index (χ1n) is 5.89. The maximum absolute atomic E-state index is 13.7. The minimum absolute atomic E-state index is 0.0368. The Bertz CT molecular complexity index is 403. The highest BCUT2D eigenvalue weighted by atomic mass is 35.5. The van der Waals surface area contributed by atoms with E-state index in [1.807, 2.05) is 0 Å². The fraction of sp³-hybridized carbons (Fsp3) is 0.692. The zero-order valence-corrected chi connectivity index (χ0v) is 10.5. The number of fused-ring (bicyclic) bond motifs is 1. The molecule has 0 N–H and O–H groups in total. The molecule has 1 unspecified atom stereocenters. The predicted octanol–water partition coefficient (Wildman–Crippen LogP) is 3.32. The van der Waals surface area contributed by atoms with Gasteiger partial charge in [0.25, 0.3) is 0 Å². The molecule has 1 heterocycles. The molecule has 16 heavy (non-hydrogen) atoms. The first kappa shape index (κ1) is 10.8. The molecule has 3 rings (SSSR count). The van der Waals surface area contributed by atoms with E-state index < -0.39 is 0 Å². The van der Waals surface area contributed by atoms with Gasteiger partial charge >= 0.3 is 0 Å². The summed E-state index contributed by atoms with van der Waals surface area (Å²) in [5.74, 6) is 0.623. The highest BCUT2D eigenvalue weighted by molar-refractivity contribution is 6.31. The van der Waals surface area contributed by atoms with Crippen LogP contribution in [0.1, 0.15) is 19.8 Å². The monoisotopic (exact) mass is 241 g/mol. The lowest BCUT2D eigenvalue weighted by molar-refractivity contribution is 0.186. The smallest absolute Gasteiger partial charge is 0.119 e. The van der Waals surface area contributed by atoms with Crippen LogP contribution in [-0.2, 0) is 0 Å². The van der Waals surface area contributed by atoms with Gasteiger partial charge < -0.3 is 4.90 Å². The summed E-state index contributed by atoms with van der Waals surface area (Å²) < 4.78 is 13.7. The van der Waals surface area contributed by atoms with E-state index >= 15 is 0 Å². The Morgan fingerprint density at radius 2 is 2.31 bits per heavy atom. The average Bonchev–Trinajstić information content (AvgIpc) is 2.78. The van der Waals surface area contributed by atoms with Crippen molar-refractivity contribution in [2.24, 2.45) is 16.7 Å². The van der Waals surface area contributed by atoms with Crippen LogP contribution in [-0.4, -0.2) is 25.0 Å². The Labute approximate surface area is 101 Å². The quantitative estimate of drug-likeness (QED) is 0.681. The Hall–Kier alpha value is -0.340. The molecule has 1 saturated carbocycles. The van der Waals surface area contributed by atoms with Crippen molar-refractivity contribution < 1.29 is 4.39 Å². The number of hydrogen-bond acceptors (Lipinski definition) is 1. The van der Waals surface area contributed by atoms with Crippen LogP contribution >= 0.6 is 11.6 Å². The molecule has 0 amide bonds. The molecule has 1 aliphatic heterocycles. The Kier molecular flexibility index (Phi) is 2.10. The second-order valence-corrected chi connectivity index (χ2v) is 6.34. The van der Waals surface area contributed by atoms with Crippen LogP contribution in [0.4, 0.5) is 4.39 Å². The van der Waals surface area contributed by atoms with Gasteiger partial charge in [-0.05, 0) is 36.3 Å². The lowest BCUT2D eigenvalue weighted by Crippen LogP contribution is -2.34. The van der Waals surface area contributed by atoms with Crippen molar-refractivity contribution >= 4 is 11.6 Å². The SMILES string of the molecule is CN1C[C@@H]2C[C@]2(C2(C)C=CC(Cl)=C(F)C2)C1. The Balaban J connectivity index is 1.90. The summed E-state index contributed by atoms with van der Waals surface area (Å²) in [6.07, 6.45) is 5.62. The molecule has 88 valence electrons. The zero-order chi connectivity index (χ0) is 11.6. The van der Waals surface area contributed by atoms with Crippen molar-refractivity contribution in [2.75, 3.05) is 20.1 Å². The number of rotatable bonds is 1. The second kappa shape index (κ2) is 3.11. The molecular formula is C13H17ClFN. The van der Waals surface area contributed by atoms with E-state index in [4.69, 9.17) is 11.6 Å². The molecule has 0 aromatic rings. The molecule has 0 aromatic heterocycles. The molecule has 3 heteroatoms. The highest BCUT2D eigenvalue weighted by Gasteiger charge is 2.67. The van der Waals surface area contributed by atoms with Crippen LogP contribution in [0.3, 0.4) is 0 Å². The molecule has 3 aliphatic rings. The lowest BCUT2D eigenvalue weighted by Gasteiger charge is -2.37. The van der Waals surface area contributed by atoms with Gasteiger partial charge in [0.05, 0.1) is 5.03 Å². The lowest BCUT2D eigenvalue weighted by atomic mass is 9.69. The molecular weight excluding hydrogens is 225 g/mol. The normalized spacial score (nSPS) is 47.4. The number of nitrogens with zero attached hydrogens (tertiary/aromatic N) is 1. The molecule has 3 atom stereocenters. The van der Waals surface area contributed by atoms with Gasteiger partial charge in [0, 0.05) is 19.5 Å². The number of piperidine rings is 1. The van der Waals surface area contributed by atoms with Crippen molar-refractivity contribution in [1.82, 2.24) is 4.90 Å². The number of allylic oxidation sites excluding steroid dienone is 4. The van der Waals surface area contributed by atoms with Gasteiger partial charge in [-0.1, -0.05) is 24.6 Å². The molecule has 0 radical (unpaired) electrons. The largest absolute Gasteiger partial charge is 0.305 e. The Morgan fingerprint density at radius 1 is 1.56 bits per heavy atom. The molecule has 0 bridgehead atoms. The first-order chi connectivity index (χ1) is 7.47. The third-order valence-electron chi connectivity index (χ3n) is 4.83. The summed E-state index contributed by atoms with van der Waals surface area (Å²) in [5, 5.41) is 0.289. The summed E-state index contributed by atoms with van der Waals surface area (Å²) in [4.78, 5) is 2.37. The minimum Gasteiger partial charge on any atom is -0.305 e. The third kappa shape index (κ3) is 1.26. The molecule has 0 spiro atoms. The van der Waals surface area contributed by atoms with E-state index in [-0.39, 0.29) is 16.3 Å². The van der Waals surface area contributed by atoms with Crippen LogP contribution in [0.5, 0.6) is 0 Å². The highest BCUT2D eigenvalue weighted by Crippen LogP contribution is 2.69. The summed E-state index contributed by atoms with van der Waals surface area (Å²) >= 11 is 5.80. The van der Waals surface area contributed by atoms with Crippen LogP contribution in [0.25, 0.3) is 0 Å². The van der Waals surface area contributed by atoms with Crippen LogP contribution in [0.2, 0.25) is 0 Å². The summed E-state index contributed by atoms with van der Waals surface area (Å²) in [6, 6.07) is 0. The second-order valence-electron chi connectivity index (χ2n) is 5.93. The van der Waals surface area contributed by atoms with E-state index in [1.54, 1.807) is 6.08 Å². The number of hydrogen-bond donors (Lipinski definition) is 0. The molecule has 2 fully saturated rings. The van der Waals surface area contributed by atoms with Gasteiger partial charge in [-0.15, -0.1) is 0 Å². The van der Waals surface area contributed by atoms with E-state index in [0.717, 1.165) is 12.5 Å². The van der Waals surface area contributed by atoms with Crippen LogP contribution in [0, 0.1) is 16.7 Å². The molecule has 1 nitrogen and oxygen atoms in total. The van der Waals surface area contributed by atoms with Gasteiger partial charge in [-0.3, -0.25) is 0 Å². The van der Waals surface area contributed by atoms with E-state index in [2.05, 4.69) is 24.9 Å². The third-order valence-corrected chi connectivity index (χ3v) is 5.16. The van der Waals surface area contributed by atoms with Crippen molar-refractivity contribution in [2.45, 2.75) is 19.8 Å². The minimum atomic E-state index is -0.138. The van der Waals surface area contributed by atoms with Gasteiger partial charge in [-0.25, -0.2) is 4.39 Å². The summed E-state index contributed by atoms with van der Waals surface area (Å²) in [6.45, 7) is 4.46. The fourth-order valence-corrected chi connectivity index (χ4v) is 3.90. The van der Waals surface area contributed by atoms with Crippen LogP contribution in [0.15, 0.2) is 23.0 Å². The average molecular weight is 242 g/mol. The van der Waals surface area contributed by atoms with Crippen molar-refractivity contribution in [1.29, 1.82) is 0 Å². The Morgan fingerprint density at radius 3 is 2.88 bits per heavy atom. The van der Waals surface area contributed by atoms with Gasteiger partial charge in [0.15, 0.2) is 0 Å². The van der Waals surface area contributed by atoms with Gasteiger partial charge in [-0.2, -0.15) is 0 Å². The maximum atomic E-state index is 13.7. The van der Waals surface area contributed by atoms with Crippen molar-refractivity contribution in [3.05, 3.63) is 23.0 Å². The molecule has 2 aliphatic carbocycles. The summed E-state index contributed by atoms with van der Waals surface area (Å²) in [5.41, 5.74) is 0.276. The van der Waals surface area contributed by atoms with Gasteiger partial charge in [0.2, 0.25) is 0 Å². The van der Waals surface area contributed by atoms with Crippen molar-refractivity contribution in [3.8, 4) is 0 Å². The zero-order valence-electron chi connectivity index (χ0n) is 9.76. The van der Waals surface area contributed by atoms with Crippen molar-refractivity contribution in [3.63, 3.8) is 0 Å². The van der Waals surface area contributed by atoms with E-state index in [9.17, 15) is 4.39 Å². The number of halogens is 2. The molecule has 1 saturated heterocycles. The maximum Gasteiger partial charge on any atom is 0.119 e. The topological polar surface area (TPSA) is 3.24 Å². The first-order valence-corrected chi connectivity index (χ1v) is 6.27. The standard InChI is InChI=1S/C13H17ClFN/c1-12(4-3-10(14)11(15)6-12)13-5-9(13)7-16(2)8-13/h3-4,9H,5-8H2,1-2H3/t9-,12?,13-/m0/s1. The fourth-order valence-electron chi connectivity index (χ4n) is 3.77. The van der Waals surface area contributed by atoms with E-state index in [1.165, 1.54) is 13.0 Å². The predicted molar refractivity (Wildman–Crippen MR) is 63.9 cm³/mol. The summed E-state index contributed by atoms with van der Waals surface area (Å²) in [7, 11) is 2.16. The van der Waals surface area contributed by atoms with Crippen LogP contribution < -0.4 is 0 Å². The number of likely N-dealkylation sites (tertiary alicyclic amines) is 1. The molecule has 0 aromatic carbocycles.